The smallest absolute Gasteiger partial charge is 0.258 e. The highest BCUT2D eigenvalue weighted by Gasteiger charge is 2.01. The van der Waals surface area contributed by atoms with Gasteiger partial charge in [0, 0.05) is 6.54 Å². The van der Waals surface area contributed by atoms with E-state index in [0.29, 0.717) is 17.9 Å². The van der Waals surface area contributed by atoms with Gasteiger partial charge >= 0.3 is 0 Å². The van der Waals surface area contributed by atoms with Crippen molar-refractivity contribution in [2.75, 3.05) is 13.2 Å². The van der Waals surface area contributed by atoms with Crippen molar-refractivity contribution in [3.05, 3.63) is 42.5 Å². The highest BCUT2D eigenvalue weighted by molar-refractivity contribution is 5.77. The van der Waals surface area contributed by atoms with Gasteiger partial charge in [-0.25, -0.2) is 0 Å². The molecule has 1 rings (SSSR count). The second-order valence-electron chi connectivity index (χ2n) is 3.02. The molecule has 16 heavy (non-hydrogen) atoms. The molecular formula is C12H12N2O2. The van der Waals surface area contributed by atoms with Crippen molar-refractivity contribution in [1.29, 1.82) is 5.26 Å². The van der Waals surface area contributed by atoms with Crippen LogP contribution in [0.3, 0.4) is 0 Å². The Morgan fingerprint density at radius 1 is 1.62 bits per heavy atom. The van der Waals surface area contributed by atoms with E-state index in [4.69, 9.17) is 10.00 Å². The van der Waals surface area contributed by atoms with E-state index < -0.39 is 0 Å². The van der Waals surface area contributed by atoms with Gasteiger partial charge in [0.2, 0.25) is 0 Å². The Hall–Kier alpha value is -2.28. The second kappa shape index (κ2) is 6.25. The average Bonchev–Trinajstić information content (AvgIpc) is 2.34. The summed E-state index contributed by atoms with van der Waals surface area (Å²) in [6.07, 6.45) is 1.59. The molecule has 1 aromatic rings. The summed E-state index contributed by atoms with van der Waals surface area (Å²) >= 11 is 0. The van der Waals surface area contributed by atoms with Crippen LogP contribution in [0.4, 0.5) is 0 Å². The Morgan fingerprint density at radius 3 is 3.12 bits per heavy atom. The van der Waals surface area contributed by atoms with Gasteiger partial charge in [-0.2, -0.15) is 5.26 Å². The Balaban J connectivity index is 2.45. The molecular weight excluding hydrogens is 204 g/mol. The van der Waals surface area contributed by atoms with Crippen LogP contribution in [-0.4, -0.2) is 19.1 Å². The number of amides is 1. The standard InChI is InChI=1S/C12H12N2O2/c1-2-6-14-12(15)9-16-11-5-3-4-10(7-11)8-13/h2-5,7H,1,6,9H2,(H,14,15). The molecule has 0 bridgehead atoms. The van der Waals surface area contributed by atoms with Crippen LogP contribution >= 0.6 is 0 Å². The number of hydrogen-bond acceptors (Lipinski definition) is 3. The molecule has 82 valence electrons. The molecule has 0 radical (unpaired) electrons. The Kier molecular flexibility index (Phi) is 4.61. The van der Waals surface area contributed by atoms with Gasteiger partial charge in [0.1, 0.15) is 5.75 Å². The molecule has 0 saturated heterocycles. The van der Waals surface area contributed by atoms with E-state index in [9.17, 15) is 4.79 Å². The van der Waals surface area contributed by atoms with Gasteiger partial charge in [-0.05, 0) is 18.2 Å². The van der Waals surface area contributed by atoms with Crippen molar-refractivity contribution >= 4 is 5.91 Å². The summed E-state index contributed by atoms with van der Waals surface area (Å²) in [7, 11) is 0. The van der Waals surface area contributed by atoms with Gasteiger partial charge in [0.15, 0.2) is 6.61 Å². The molecule has 0 atom stereocenters. The Labute approximate surface area is 94.1 Å². The predicted molar refractivity (Wildman–Crippen MR) is 59.9 cm³/mol. The fraction of sp³-hybridized carbons (Fsp3) is 0.167. The topological polar surface area (TPSA) is 62.1 Å². The first-order chi connectivity index (χ1) is 7.76. The summed E-state index contributed by atoms with van der Waals surface area (Å²) in [5.41, 5.74) is 0.504. The fourth-order valence-corrected chi connectivity index (χ4v) is 1.04. The lowest BCUT2D eigenvalue weighted by Crippen LogP contribution is -2.28. The Bertz CT molecular complexity index is 421. The number of carbonyl (C=O) groups is 1. The van der Waals surface area contributed by atoms with Gasteiger partial charge in [-0.1, -0.05) is 12.1 Å². The lowest BCUT2D eigenvalue weighted by atomic mass is 10.2. The molecule has 0 heterocycles. The maximum Gasteiger partial charge on any atom is 0.258 e. The van der Waals surface area contributed by atoms with E-state index >= 15 is 0 Å². The van der Waals surface area contributed by atoms with Crippen molar-refractivity contribution in [2.24, 2.45) is 0 Å². The van der Waals surface area contributed by atoms with Crippen LogP contribution in [0.1, 0.15) is 5.56 Å². The molecule has 0 aromatic heterocycles. The number of carbonyl (C=O) groups excluding carboxylic acids is 1. The van der Waals surface area contributed by atoms with E-state index in [-0.39, 0.29) is 12.5 Å². The second-order valence-corrected chi connectivity index (χ2v) is 3.02. The third-order valence-corrected chi connectivity index (χ3v) is 1.78. The number of nitrogens with zero attached hydrogens (tertiary/aromatic N) is 1. The van der Waals surface area contributed by atoms with Crippen molar-refractivity contribution in [2.45, 2.75) is 0 Å². The third-order valence-electron chi connectivity index (χ3n) is 1.78. The monoisotopic (exact) mass is 216 g/mol. The summed E-state index contributed by atoms with van der Waals surface area (Å²) in [4.78, 5) is 11.2. The van der Waals surface area contributed by atoms with Crippen LogP contribution in [0, 0.1) is 11.3 Å². The van der Waals surface area contributed by atoms with Gasteiger partial charge in [-0.15, -0.1) is 6.58 Å². The predicted octanol–water partition coefficient (Wildman–Crippen LogP) is 1.24. The minimum absolute atomic E-state index is 0.0667. The Morgan fingerprint density at radius 2 is 2.44 bits per heavy atom. The lowest BCUT2D eigenvalue weighted by Gasteiger charge is -2.05. The van der Waals surface area contributed by atoms with Crippen molar-refractivity contribution < 1.29 is 9.53 Å². The van der Waals surface area contributed by atoms with E-state index in [2.05, 4.69) is 11.9 Å². The van der Waals surface area contributed by atoms with E-state index in [1.54, 1.807) is 30.3 Å². The number of ether oxygens (including phenoxy) is 1. The largest absolute Gasteiger partial charge is 0.484 e. The maximum absolute atomic E-state index is 11.2. The number of benzene rings is 1. The van der Waals surface area contributed by atoms with Crippen LogP contribution in [0.5, 0.6) is 5.75 Å². The zero-order valence-electron chi connectivity index (χ0n) is 8.77. The molecule has 1 N–H and O–H groups in total. The van der Waals surface area contributed by atoms with E-state index in [0.717, 1.165) is 0 Å². The summed E-state index contributed by atoms with van der Waals surface area (Å²) in [5, 5.41) is 11.2. The van der Waals surface area contributed by atoms with Gasteiger partial charge in [0.25, 0.3) is 5.91 Å². The van der Waals surface area contributed by atoms with E-state index in [1.165, 1.54) is 0 Å². The summed E-state index contributed by atoms with van der Waals surface area (Å²) in [5.74, 6) is 0.287. The number of hydrogen-bond donors (Lipinski definition) is 1. The summed E-state index contributed by atoms with van der Waals surface area (Å²) < 4.78 is 5.21. The van der Waals surface area contributed by atoms with Crippen LogP contribution in [0.2, 0.25) is 0 Å². The summed E-state index contributed by atoms with van der Waals surface area (Å²) in [6.45, 7) is 3.83. The minimum Gasteiger partial charge on any atom is -0.484 e. The highest BCUT2D eigenvalue weighted by atomic mass is 16.5. The SMILES string of the molecule is C=CCNC(=O)COc1cccc(C#N)c1. The van der Waals surface area contributed by atoms with Crippen LogP contribution in [-0.2, 0) is 4.79 Å². The third kappa shape index (κ3) is 3.84. The molecule has 1 aromatic carbocycles. The molecule has 0 aliphatic rings. The molecule has 1 amide bonds. The molecule has 4 heteroatoms. The fourth-order valence-electron chi connectivity index (χ4n) is 1.04. The zero-order valence-corrected chi connectivity index (χ0v) is 8.77. The van der Waals surface area contributed by atoms with E-state index in [1.807, 2.05) is 6.07 Å². The molecule has 0 aliphatic heterocycles. The molecule has 0 fully saturated rings. The quantitative estimate of drug-likeness (QED) is 0.753. The maximum atomic E-state index is 11.2. The van der Waals surface area contributed by atoms with Crippen LogP contribution in [0.15, 0.2) is 36.9 Å². The lowest BCUT2D eigenvalue weighted by molar-refractivity contribution is -0.122. The van der Waals surface area contributed by atoms with Crippen molar-refractivity contribution in [3.63, 3.8) is 0 Å². The first kappa shape index (κ1) is 11.8. The van der Waals surface area contributed by atoms with Gasteiger partial charge < -0.3 is 10.1 Å². The first-order valence-corrected chi connectivity index (χ1v) is 4.77. The van der Waals surface area contributed by atoms with Crippen LogP contribution < -0.4 is 10.1 Å². The highest BCUT2D eigenvalue weighted by Crippen LogP contribution is 2.11. The molecule has 4 nitrogen and oxygen atoms in total. The zero-order chi connectivity index (χ0) is 11.8. The van der Waals surface area contributed by atoms with Crippen LogP contribution in [0.25, 0.3) is 0 Å². The first-order valence-electron chi connectivity index (χ1n) is 4.77. The number of nitriles is 1. The number of nitrogens with one attached hydrogen (secondary N) is 1. The van der Waals surface area contributed by atoms with Gasteiger partial charge in [0.05, 0.1) is 11.6 Å². The van der Waals surface area contributed by atoms with Crippen molar-refractivity contribution in [1.82, 2.24) is 5.32 Å². The molecule has 0 saturated carbocycles. The molecule has 0 unspecified atom stereocenters. The summed E-state index contributed by atoms with van der Waals surface area (Å²) in [6, 6.07) is 8.65. The normalized spacial score (nSPS) is 8.94. The van der Waals surface area contributed by atoms with Crippen molar-refractivity contribution in [3.8, 4) is 11.8 Å². The average molecular weight is 216 g/mol. The minimum atomic E-state index is -0.220. The van der Waals surface area contributed by atoms with Gasteiger partial charge in [-0.3, -0.25) is 4.79 Å². The molecule has 0 aliphatic carbocycles. The number of rotatable bonds is 5. The molecule has 0 spiro atoms.